The minimum absolute atomic E-state index is 0.303. The smallest absolute Gasteiger partial charge is 0.268 e. The SMILES string of the molecule is O=S(=O)(c1ccccc1)n1ccc2c(N3CCN(CCCCNCc4ccccc4)CC3)cccc21. The van der Waals surface area contributed by atoms with Crippen LogP contribution in [0.5, 0.6) is 0 Å². The molecule has 1 aliphatic rings. The Morgan fingerprint density at radius 2 is 1.47 bits per heavy atom. The summed E-state index contributed by atoms with van der Waals surface area (Å²) in [5.74, 6) is 0. The second-order valence-electron chi connectivity index (χ2n) is 9.34. The van der Waals surface area contributed by atoms with Crippen LogP contribution in [0.1, 0.15) is 18.4 Å². The third-order valence-electron chi connectivity index (χ3n) is 6.94. The van der Waals surface area contributed by atoms with Gasteiger partial charge in [0, 0.05) is 50.0 Å². The number of aromatic nitrogens is 1. The molecule has 6 nitrogen and oxygen atoms in total. The third-order valence-corrected chi connectivity index (χ3v) is 8.64. The van der Waals surface area contributed by atoms with Gasteiger partial charge in [0.2, 0.25) is 0 Å². The maximum atomic E-state index is 13.2. The summed E-state index contributed by atoms with van der Waals surface area (Å²) >= 11 is 0. The van der Waals surface area contributed by atoms with Gasteiger partial charge in [0.15, 0.2) is 0 Å². The number of nitrogens with one attached hydrogen (secondary N) is 1. The van der Waals surface area contributed by atoms with E-state index in [1.165, 1.54) is 22.4 Å². The highest BCUT2D eigenvalue weighted by Crippen LogP contribution is 2.30. The van der Waals surface area contributed by atoms with E-state index in [1.807, 2.05) is 24.3 Å². The molecule has 1 fully saturated rings. The molecule has 188 valence electrons. The van der Waals surface area contributed by atoms with Gasteiger partial charge in [-0.1, -0.05) is 54.6 Å². The van der Waals surface area contributed by atoms with Crippen LogP contribution in [0, 0.1) is 0 Å². The van der Waals surface area contributed by atoms with Crippen LogP contribution in [0.25, 0.3) is 10.9 Å². The van der Waals surface area contributed by atoms with E-state index in [9.17, 15) is 8.42 Å². The van der Waals surface area contributed by atoms with Gasteiger partial charge in [-0.05, 0) is 61.8 Å². The van der Waals surface area contributed by atoms with Gasteiger partial charge < -0.3 is 10.2 Å². The van der Waals surface area contributed by atoms with E-state index in [0.717, 1.165) is 62.4 Å². The lowest BCUT2D eigenvalue weighted by Crippen LogP contribution is -2.46. The number of unbranched alkanes of at least 4 members (excludes halogenated alkanes) is 1. The first-order valence-electron chi connectivity index (χ1n) is 12.8. The molecular weight excluding hydrogens is 468 g/mol. The van der Waals surface area contributed by atoms with E-state index in [1.54, 1.807) is 30.5 Å². The van der Waals surface area contributed by atoms with Crippen molar-refractivity contribution in [3.8, 4) is 0 Å². The number of rotatable bonds is 10. The molecule has 5 rings (SSSR count). The highest BCUT2D eigenvalue weighted by atomic mass is 32.2. The van der Waals surface area contributed by atoms with Crippen LogP contribution in [0.15, 0.2) is 96.0 Å². The summed E-state index contributed by atoms with van der Waals surface area (Å²) in [6, 6.07) is 27.0. The number of benzene rings is 3. The minimum Gasteiger partial charge on any atom is -0.368 e. The zero-order valence-corrected chi connectivity index (χ0v) is 21.4. The summed E-state index contributed by atoms with van der Waals surface area (Å²) in [6.07, 6.45) is 4.05. The van der Waals surface area contributed by atoms with Crippen molar-refractivity contribution in [2.75, 3.05) is 44.2 Å². The lowest BCUT2D eigenvalue weighted by atomic mass is 10.1. The van der Waals surface area contributed by atoms with Crippen LogP contribution in [0.3, 0.4) is 0 Å². The average Bonchev–Trinajstić information content (AvgIpc) is 3.38. The maximum absolute atomic E-state index is 13.2. The van der Waals surface area contributed by atoms with Gasteiger partial charge >= 0.3 is 0 Å². The fraction of sp³-hybridized carbons (Fsp3) is 0.310. The number of anilines is 1. The van der Waals surface area contributed by atoms with E-state index < -0.39 is 10.0 Å². The second-order valence-corrected chi connectivity index (χ2v) is 11.2. The van der Waals surface area contributed by atoms with Crippen LogP contribution in [-0.4, -0.2) is 56.6 Å². The Morgan fingerprint density at radius 1 is 0.750 bits per heavy atom. The van der Waals surface area contributed by atoms with Crippen LogP contribution in [0.4, 0.5) is 5.69 Å². The zero-order chi connectivity index (χ0) is 24.8. The van der Waals surface area contributed by atoms with Crippen molar-refractivity contribution in [1.29, 1.82) is 0 Å². The fourth-order valence-electron chi connectivity index (χ4n) is 4.94. The highest BCUT2D eigenvalue weighted by Gasteiger charge is 2.22. The molecule has 1 N–H and O–H groups in total. The van der Waals surface area contributed by atoms with E-state index in [4.69, 9.17) is 0 Å². The molecule has 3 aromatic carbocycles. The summed E-state index contributed by atoms with van der Waals surface area (Å²) in [6.45, 7) is 7.04. The molecule has 7 heteroatoms. The van der Waals surface area contributed by atoms with Gasteiger partial charge in [-0.3, -0.25) is 4.90 Å². The Bertz CT molecular complexity index is 1360. The summed E-state index contributed by atoms with van der Waals surface area (Å²) in [5.41, 5.74) is 3.16. The molecule has 4 aromatic rings. The average molecular weight is 503 g/mol. The normalized spacial score (nSPS) is 14.9. The first-order valence-corrected chi connectivity index (χ1v) is 14.2. The van der Waals surface area contributed by atoms with Gasteiger partial charge in [-0.15, -0.1) is 0 Å². The summed E-state index contributed by atoms with van der Waals surface area (Å²) in [5, 5.41) is 4.52. The Balaban J connectivity index is 1.14. The van der Waals surface area contributed by atoms with Gasteiger partial charge in [0.1, 0.15) is 0 Å². The molecule has 1 saturated heterocycles. The number of nitrogens with zero attached hydrogens (tertiary/aromatic N) is 3. The van der Waals surface area contributed by atoms with Crippen molar-refractivity contribution in [1.82, 2.24) is 14.2 Å². The topological polar surface area (TPSA) is 57.6 Å². The summed E-state index contributed by atoms with van der Waals surface area (Å²) in [7, 11) is -3.63. The monoisotopic (exact) mass is 502 g/mol. The quantitative estimate of drug-likeness (QED) is 0.322. The van der Waals surface area contributed by atoms with E-state index in [-0.39, 0.29) is 0 Å². The van der Waals surface area contributed by atoms with E-state index in [0.29, 0.717) is 4.90 Å². The maximum Gasteiger partial charge on any atom is 0.268 e. The summed E-state index contributed by atoms with van der Waals surface area (Å²) in [4.78, 5) is 5.23. The molecule has 0 aliphatic carbocycles. The molecule has 0 saturated carbocycles. The molecule has 1 aliphatic heterocycles. The molecule has 0 radical (unpaired) electrons. The standard InChI is InChI=1S/C29H34N4O2S/c34-36(35,26-12-5-2-6-13-26)33-19-16-27-28(14-9-15-29(27)33)32-22-20-31(21-23-32)18-8-7-17-30-24-25-10-3-1-4-11-25/h1-6,9-16,19,30H,7-8,17-18,20-24H2. The fourth-order valence-corrected chi connectivity index (χ4v) is 6.31. The molecule has 0 bridgehead atoms. The van der Waals surface area contributed by atoms with Crippen molar-refractivity contribution >= 4 is 26.6 Å². The molecular formula is C29H34N4O2S. The van der Waals surface area contributed by atoms with Gasteiger partial charge in [-0.25, -0.2) is 12.4 Å². The largest absolute Gasteiger partial charge is 0.368 e. The van der Waals surface area contributed by atoms with Gasteiger partial charge in [0.25, 0.3) is 10.0 Å². The Hall–Kier alpha value is -3.13. The first kappa shape index (κ1) is 24.6. The Labute approximate surface area is 214 Å². The number of hydrogen-bond acceptors (Lipinski definition) is 5. The lowest BCUT2D eigenvalue weighted by Gasteiger charge is -2.36. The van der Waals surface area contributed by atoms with Crippen LogP contribution < -0.4 is 10.2 Å². The Morgan fingerprint density at radius 3 is 2.22 bits per heavy atom. The molecule has 1 aromatic heterocycles. The van der Waals surface area contributed by atoms with Crippen LogP contribution >= 0.6 is 0 Å². The van der Waals surface area contributed by atoms with Crippen molar-refractivity contribution in [2.24, 2.45) is 0 Å². The number of fused-ring (bicyclic) bond motifs is 1. The van der Waals surface area contributed by atoms with Crippen molar-refractivity contribution < 1.29 is 8.42 Å². The predicted molar refractivity (Wildman–Crippen MR) is 147 cm³/mol. The minimum atomic E-state index is -3.63. The number of piperazine rings is 1. The van der Waals surface area contributed by atoms with Crippen molar-refractivity contribution in [3.63, 3.8) is 0 Å². The van der Waals surface area contributed by atoms with E-state index >= 15 is 0 Å². The highest BCUT2D eigenvalue weighted by molar-refractivity contribution is 7.90. The zero-order valence-electron chi connectivity index (χ0n) is 20.6. The Kier molecular flexibility index (Phi) is 7.70. The third kappa shape index (κ3) is 5.48. The van der Waals surface area contributed by atoms with Crippen LogP contribution in [0.2, 0.25) is 0 Å². The van der Waals surface area contributed by atoms with E-state index in [2.05, 4.69) is 51.5 Å². The van der Waals surface area contributed by atoms with Crippen LogP contribution in [-0.2, 0) is 16.6 Å². The van der Waals surface area contributed by atoms with Gasteiger partial charge in [0.05, 0.1) is 10.4 Å². The molecule has 0 unspecified atom stereocenters. The van der Waals surface area contributed by atoms with Crippen molar-refractivity contribution in [3.05, 3.63) is 96.7 Å². The molecule has 0 amide bonds. The summed E-state index contributed by atoms with van der Waals surface area (Å²) < 4.78 is 27.8. The van der Waals surface area contributed by atoms with Gasteiger partial charge in [-0.2, -0.15) is 0 Å². The van der Waals surface area contributed by atoms with Crippen molar-refractivity contribution in [2.45, 2.75) is 24.3 Å². The molecule has 2 heterocycles. The lowest BCUT2D eigenvalue weighted by molar-refractivity contribution is 0.253. The predicted octanol–water partition coefficient (Wildman–Crippen LogP) is 4.57. The molecule has 0 spiro atoms. The number of hydrogen-bond donors (Lipinski definition) is 1. The molecule has 36 heavy (non-hydrogen) atoms. The first-order chi connectivity index (χ1) is 17.6. The molecule has 0 atom stereocenters. The second kappa shape index (κ2) is 11.3.